The van der Waals surface area contributed by atoms with Crippen LogP contribution in [0.1, 0.15) is 21.6 Å². The van der Waals surface area contributed by atoms with Gasteiger partial charge in [0, 0.05) is 31.2 Å². The number of amides is 1. The Morgan fingerprint density at radius 3 is 2.80 bits per heavy atom. The smallest absolute Gasteiger partial charge is 0.343 e. The fourth-order valence-corrected chi connectivity index (χ4v) is 3.06. The molecule has 9 heteroatoms. The highest BCUT2D eigenvalue weighted by molar-refractivity contribution is 7.10. The summed E-state index contributed by atoms with van der Waals surface area (Å²) < 4.78 is 22.9. The number of rotatable bonds is 6. The SMILES string of the molecule is CNc1snc(C)c1C(=O)OCC(=O)N(C)Cc1c(F)cccc1Cl. The average molecular weight is 386 g/mol. The second-order valence-corrected chi connectivity index (χ2v) is 6.43. The predicted molar refractivity (Wildman–Crippen MR) is 94.6 cm³/mol. The van der Waals surface area contributed by atoms with Crippen LogP contribution in [-0.4, -0.2) is 41.9 Å². The fourth-order valence-electron chi connectivity index (χ4n) is 2.10. The molecule has 25 heavy (non-hydrogen) atoms. The van der Waals surface area contributed by atoms with Crippen LogP contribution in [0.2, 0.25) is 5.02 Å². The first-order valence-electron chi connectivity index (χ1n) is 7.33. The van der Waals surface area contributed by atoms with Gasteiger partial charge in [-0.1, -0.05) is 17.7 Å². The molecule has 1 aromatic carbocycles. The molecule has 1 N–H and O–H groups in total. The fraction of sp³-hybridized carbons (Fsp3) is 0.312. The number of nitrogens with zero attached hydrogens (tertiary/aromatic N) is 2. The summed E-state index contributed by atoms with van der Waals surface area (Å²) in [5.74, 6) is -1.61. The summed E-state index contributed by atoms with van der Waals surface area (Å²) in [6.45, 7) is 1.20. The van der Waals surface area contributed by atoms with E-state index in [0.29, 0.717) is 16.3 Å². The summed E-state index contributed by atoms with van der Waals surface area (Å²) in [7, 11) is 3.15. The summed E-state index contributed by atoms with van der Waals surface area (Å²) in [4.78, 5) is 25.5. The summed E-state index contributed by atoms with van der Waals surface area (Å²) in [6, 6.07) is 4.30. The molecule has 0 aliphatic rings. The monoisotopic (exact) mass is 385 g/mol. The number of hydrogen-bond acceptors (Lipinski definition) is 6. The van der Waals surface area contributed by atoms with Crippen LogP contribution in [-0.2, 0) is 16.1 Å². The molecule has 0 bridgehead atoms. The van der Waals surface area contributed by atoms with E-state index in [1.807, 2.05) is 0 Å². The maximum atomic E-state index is 13.8. The van der Waals surface area contributed by atoms with Gasteiger partial charge in [0.2, 0.25) is 0 Å². The Kier molecular flexibility index (Phi) is 6.33. The number of carbonyl (C=O) groups excluding carboxylic acids is 2. The lowest BCUT2D eigenvalue weighted by atomic mass is 10.2. The van der Waals surface area contributed by atoms with Gasteiger partial charge in [0.25, 0.3) is 5.91 Å². The lowest BCUT2D eigenvalue weighted by molar-refractivity contribution is -0.133. The molecule has 0 spiro atoms. The number of aromatic nitrogens is 1. The quantitative estimate of drug-likeness (QED) is 0.773. The number of aryl methyl sites for hydroxylation is 1. The number of hydrogen-bond donors (Lipinski definition) is 1. The number of anilines is 1. The van der Waals surface area contributed by atoms with Crippen molar-refractivity contribution in [1.82, 2.24) is 9.27 Å². The van der Waals surface area contributed by atoms with Crippen molar-refractivity contribution >= 4 is 40.0 Å². The molecule has 0 radical (unpaired) electrons. The molecule has 1 amide bonds. The molecular weight excluding hydrogens is 369 g/mol. The largest absolute Gasteiger partial charge is 0.452 e. The molecule has 0 unspecified atom stereocenters. The van der Waals surface area contributed by atoms with Crippen molar-refractivity contribution in [2.45, 2.75) is 13.5 Å². The Labute approximate surface area is 153 Å². The zero-order valence-corrected chi connectivity index (χ0v) is 15.5. The highest BCUT2D eigenvalue weighted by Crippen LogP contribution is 2.24. The van der Waals surface area contributed by atoms with Crippen LogP contribution in [0.5, 0.6) is 0 Å². The van der Waals surface area contributed by atoms with Crippen LogP contribution in [0.4, 0.5) is 9.39 Å². The molecule has 0 aliphatic heterocycles. The van der Waals surface area contributed by atoms with Crippen molar-refractivity contribution in [1.29, 1.82) is 0 Å². The van der Waals surface area contributed by atoms with Gasteiger partial charge in [0.05, 0.1) is 5.69 Å². The van der Waals surface area contributed by atoms with E-state index >= 15 is 0 Å². The van der Waals surface area contributed by atoms with Gasteiger partial charge in [0.15, 0.2) is 6.61 Å². The zero-order chi connectivity index (χ0) is 18.6. The summed E-state index contributed by atoms with van der Waals surface area (Å²) >= 11 is 7.08. The standard InChI is InChI=1S/C16H17ClFN3O3S/c1-9-14(15(19-2)25-20-9)16(23)24-8-13(22)21(3)7-10-11(17)5-4-6-12(10)18/h4-6,19H,7-8H2,1-3H3. The van der Waals surface area contributed by atoms with E-state index in [4.69, 9.17) is 16.3 Å². The third-order valence-electron chi connectivity index (χ3n) is 3.50. The van der Waals surface area contributed by atoms with E-state index in [1.165, 1.54) is 24.1 Å². The maximum absolute atomic E-state index is 13.8. The van der Waals surface area contributed by atoms with Crippen molar-refractivity contribution in [2.24, 2.45) is 0 Å². The molecule has 2 rings (SSSR count). The molecular formula is C16H17ClFN3O3S. The normalized spacial score (nSPS) is 10.4. The van der Waals surface area contributed by atoms with Gasteiger partial charge in [-0.2, -0.15) is 4.37 Å². The summed E-state index contributed by atoms with van der Waals surface area (Å²) in [5, 5.41) is 3.66. The van der Waals surface area contributed by atoms with E-state index in [-0.39, 0.29) is 17.1 Å². The van der Waals surface area contributed by atoms with Gasteiger partial charge in [-0.3, -0.25) is 4.79 Å². The van der Waals surface area contributed by atoms with E-state index in [2.05, 4.69) is 9.69 Å². The number of esters is 1. The third-order valence-corrected chi connectivity index (χ3v) is 4.81. The Hall–Kier alpha value is -2.19. The molecule has 0 saturated carbocycles. The summed E-state index contributed by atoms with van der Waals surface area (Å²) in [5.41, 5.74) is 1.04. The lowest BCUT2D eigenvalue weighted by Crippen LogP contribution is -2.31. The van der Waals surface area contributed by atoms with Gasteiger partial charge in [-0.15, -0.1) is 0 Å². The molecule has 0 aliphatic carbocycles. The van der Waals surface area contributed by atoms with Crippen LogP contribution >= 0.6 is 23.1 Å². The number of ether oxygens (including phenoxy) is 1. The minimum atomic E-state index is -0.638. The Bertz CT molecular complexity index is 777. The minimum Gasteiger partial charge on any atom is -0.452 e. The van der Waals surface area contributed by atoms with E-state index in [1.54, 1.807) is 20.0 Å². The predicted octanol–water partition coefficient (Wildman–Crippen LogP) is 3.10. The Morgan fingerprint density at radius 1 is 1.44 bits per heavy atom. The van der Waals surface area contributed by atoms with Gasteiger partial charge >= 0.3 is 5.97 Å². The molecule has 134 valence electrons. The molecule has 0 fully saturated rings. The second kappa shape index (κ2) is 8.26. The van der Waals surface area contributed by atoms with Gasteiger partial charge in [0.1, 0.15) is 16.4 Å². The first-order chi connectivity index (χ1) is 11.8. The topological polar surface area (TPSA) is 71.5 Å². The van der Waals surface area contributed by atoms with Crippen molar-refractivity contribution in [3.8, 4) is 0 Å². The van der Waals surface area contributed by atoms with Crippen LogP contribution in [0, 0.1) is 12.7 Å². The van der Waals surface area contributed by atoms with Gasteiger partial charge in [-0.25, -0.2) is 9.18 Å². The molecule has 1 aromatic heterocycles. The van der Waals surface area contributed by atoms with Crippen molar-refractivity contribution in [3.63, 3.8) is 0 Å². The highest BCUT2D eigenvalue weighted by atomic mass is 35.5. The highest BCUT2D eigenvalue weighted by Gasteiger charge is 2.21. The second-order valence-electron chi connectivity index (χ2n) is 5.25. The average Bonchev–Trinajstić information content (AvgIpc) is 2.96. The van der Waals surface area contributed by atoms with Crippen molar-refractivity contribution < 1.29 is 18.7 Å². The third kappa shape index (κ3) is 4.46. The van der Waals surface area contributed by atoms with Crippen LogP contribution in [0.15, 0.2) is 18.2 Å². The molecule has 1 heterocycles. The molecule has 0 saturated heterocycles. The molecule has 6 nitrogen and oxygen atoms in total. The Morgan fingerprint density at radius 2 is 2.16 bits per heavy atom. The number of likely N-dealkylation sites (N-methyl/N-ethyl adjacent to an activating group) is 1. The maximum Gasteiger partial charge on any atom is 0.343 e. The first-order valence-corrected chi connectivity index (χ1v) is 8.48. The number of carbonyl (C=O) groups is 2. The van der Waals surface area contributed by atoms with Gasteiger partial charge in [-0.05, 0) is 30.6 Å². The van der Waals surface area contributed by atoms with E-state index < -0.39 is 24.3 Å². The number of benzene rings is 1. The Balaban J connectivity index is 1.98. The minimum absolute atomic E-state index is 0.0251. The van der Waals surface area contributed by atoms with E-state index in [9.17, 15) is 14.0 Å². The van der Waals surface area contributed by atoms with Crippen LogP contribution in [0.25, 0.3) is 0 Å². The van der Waals surface area contributed by atoms with Crippen LogP contribution < -0.4 is 5.32 Å². The zero-order valence-electron chi connectivity index (χ0n) is 13.9. The first kappa shape index (κ1) is 19.1. The van der Waals surface area contributed by atoms with E-state index in [0.717, 1.165) is 11.5 Å². The van der Waals surface area contributed by atoms with Gasteiger partial charge < -0.3 is 15.0 Å². The molecule has 0 atom stereocenters. The number of nitrogens with one attached hydrogen (secondary N) is 1. The van der Waals surface area contributed by atoms with Crippen LogP contribution in [0.3, 0.4) is 0 Å². The van der Waals surface area contributed by atoms with Crippen molar-refractivity contribution in [2.75, 3.05) is 26.0 Å². The number of halogens is 2. The van der Waals surface area contributed by atoms with Crippen molar-refractivity contribution in [3.05, 3.63) is 45.9 Å². The lowest BCUT2D eigenvalue weighted by Gasteiger charge is -2.18. The summed E-state index contributed by atoms with van der Waals surface area (Å²) in [6.07, 6.45) is 0. The molecule has 2 aromatic rings.